The lowest BCUT2D eigenvalue weighted by Crippen LogP contribution is -2.54. The Labute approximate surface area is 407 Å². The zero-order chi connectivity index (χ0) is 48.6. The largest absolute Gasteiger partial charge is 0.494 e. The molecule has 4 aliphatic rings. The molecule has 0 bridgehead atoms. The first-order valence-electron chi connectivity index (χ1n) is 23.1. The second-order valence-corrected chi connectivity index (χ2v) is 22.1. The number of benzene rings is 3. The fourth-order valence-electron chi connectivity index (χ4n) is 9.59. The van der Waals surface area contributed by atoms with E-state index in [1.165, 1.54) is 0 Å². The van der Waals surface area contributed by atoms with Gasteiger partial charge >= 0.3 is 0 Å². The highest BCUT2D eigenvalue weighted by molar-refractivity contribution is 9.10. The topological polar surface area (TPSA) is 233 Å². The molecule has 0 spiro atoms. The summed E-state index contributed by atoms with van der Waals surface area (Å²) in [5.41, 5.74) is 6.12. The van der Waals surface area contributed by atoms with Crippen LogP contribution in [0.5, 0.6) is 5.75 Å². The molecule has 0 radical (unpaired) electrons. The van der Waals surface area contributed by atoms with Gasteiger partial charge in [0.15, 0.2) is 0 Å². The second-order valence-electron chi connectivity index (χ2n) is 18.1. The zero-order valence-corrected chi connectivity index (χ0v) is 41.3. The van der Waals surface area contributed by atoms with Gasteiger partial charge in [-0.25, -0.2) is 4.98 Å². The van der Waals surface area contributed by atoms with Crippen LogP contribution in [0.25, 0.3) is 11.0 Å². The smallest absolute Gasteiger partial charge is 0.262 e. The standard InChI is InChI=1S/C48H54BrN12O7P/c1-5-28-21-36(56-48-54-24-33(49)44(58-48)55-35-9-8-34-42(53-17-15-51-34)43(35)69(3,4)67)39(68-2)23-38(28)59-18-12-29(13-19-59)50-14-16-52-41(63)20-27-25-60(26-27)30-6-7-31-32(22-30)47(66)61(46(31)65)37-10-11-40(62)57-45(37)64/h6-9,15,17,21-24,27,29,37,50H,5,10-14,16,18-20,25-26H2,1-4H3,(H,52,63)(H,57,62,64)(H2,54,55,56,58). The van der Waals surface area contributed by atoms with Crippen LogP contribution in [0, 0.1) is 5.92 Å². The number of halogens is 1. The molecule has 9 rings (SSSR count). The monoisotopic (exact) mass is 1020 g/mol. The number of imide groups is 2. The number of carbonyl (C=O) groups excluding carboxylic acids is 5. The van der Waals surface area contributed by atoms with Crippen LogP contribution >= 0.6 is 23.1 Å². The van der Waals surface area contributed by atoms with Crippen LogP contribution in [0.15, 0.2) is 65.5 Å². The molecule has 2 aromatic heterocycles. The molecule has 5 amide bonds. The molecule has 1 atom stereocenters. The highest BCUT2D eigenvalue weighted by Crippen LogP contribution is 2.42. The summed E-state index contributed by atoms with van der Waals surface area (Å²) in [6, 6.07) is 12.2. The van der Waals surface area contributed by atoms with E-state index in [1.807, 2.05) is 12.1 Å². The van der Waals surface area contributed by atoms with E-state index in [-0.39, 0.29) is 35.8 Å². The summed E-state index contributed by atoms with van der Waals surface area (Å²) in [6.07, 6.45) is 8.10. The summed E-state index contributed by atoms with van der Waals surface area (Å²) >= 11 is 3.58. The molecule has 1 unspecified atom stereocenters. The number of piperidine rings is 2. The molecule has 4 aliphatic heterocycles. The Morgan fingerprint density at radius 1 is 0.899 bits per heavy atom. The van der Waals surface area contributed by atoms with Crippen molar-refractivity contribution in [1.82, 2.24) is 40.8 Å². The number of hydrogen-bond acceptors (Lipinski definition) is 16. The van der Waals surface area contributed by atoms with Gasteiger partial charge in [0.2, 0.25) is 23.7 Å². The number of nitrogens with zero attached hydrogens (tertiary/aromatic N) is 7. The minimum atomic E-state index is -2.79. The Morgan fingerprint density at radius 2 is 1.67 bits per heavy atom. The molecule has 6 heterocycles. The first-order valence-corrected chi connectivity index (χ1v) is 26.5. The highest BCUT2D eigenvalue weighted by Gasteiger charge is 2.45. The number of aromatic nitrogens is 4. The number of fused-ring (bicyclic) bond motifs is 2. The number of ether oxygens (including phenoxy) is 1. The first kappa shape index (κ1) is 47.6. The molecule has 69 heavy (non-hydrogen) atoms. The van der Waals surface area contributed by atoms with E-state index in [4.69, 9.17) is 9.72 Å². The molecule has 5 N–H and O–H groups in total. The lowest BCUT2D eigenvalue weighted by atomic mass is 9.94. The van der Waals surface area contributed by atoms with Crippen molar-refractivity contribution < 1.29 is 33.3 Å². The van der Waals surface area contributed by atoms with Crippen LogP contribution in [0.4, 0.5) is 34.5 Å². The maximum absolute atomic E-state index is 13.5. The van der Waals surface area contributed by atoms with Crippen LogP contribution in [-0.4, -0.2) is 126 Å². The SMILES string of the molecule is CCc1cc(Nc2ncc(Br)c(Nc3ccc4nccnc4c3P(C)(C)=O)n2)c(OC)cc1N1CCC(NCCNC(=O)CC2CN(c3ccc4c(c3)C(=O)N(C3CCC(=O)NC3=O)C4=O)C2)CC1. The summed E-state index contributed by atoms with van der Waals surface area (Å²) in [4.78, 5) is 86.9. The molecule has 360 valence electrons. The summed E-state index contributed by atoms with van der Waals surface area (Å²) in [5, 5.41) is 16.2. The minimum absolute atomic E-state index is 0.00924. The third-order valence-electron chi connectivity index (χ3n) is 13.1. The van der Waals surface area contributed by atoms with E-state index in [2.05, 4.69) is 86.3 Å². The maximum atomic E-state index is 13.5. The second kappa shape index (κ2) is 19.8. The zero-order valence-electron chi connectivity index (χ0n) is 38.8. The number of nitrogens with one attached hydrogen (secondary N) is 5. The first-order chi connectivity index (χ1) is 33.2. The molecule has 21 heteroatoms. The van der Waals surface area contributed by atoms with Gasteiger partial charge in [-0.1, -0.05) is 6.92 Å². The van der Waals surface area contributed by atoms with Crippen molar-refractivity contribution in [1.29, 1.82) is 0 Å². The van der Waals surface area contributed by atoms with Crippen LogP contribution in [0.3, 0.4) is 0 Å². The fourth-order valence-corrected chi connectivity index (χ4v) is 11.3. The summed E-state index contributed by atoms with van der Waals surface area (Å²) in [7, 11) is -1.15. The number of methoxy groups -OCH3 is 1. The fraction of sp³-hybridized carbons (Fsp3) is 0.396. The highest BCUT2D eigenvalue weighted by atomic mass is 79.9. The lowest BCUT2D eigenvalue weighted by molar-refractivity contribution is -0.136. The van der Waals surface area contributed by atoms with Crippen molar-refractivity contribution in [3.8, 4) is 5.75 Å². The van der Waals surface area contributed by atoms with Gasteiger partial charge < -0.3 is 40.4 Å². The van der Waals surface area contributed by atoms with Crippen molar-refractivity contribution in [3.05, 3.63) is 82.2 Å². The van der Waals surface area contributed by atoms with Gasteiger partial charge in [0.25, 0.3) is 11.8 Å². The van der Waals surface area contributed by atoms with Gasteiger partial charge in [-0.3, -0.25) is 44.2 Å². The minimum Gasteiger partial charge on any atom is -0.494 e. The predicted octanol–water partition coefficient (Wildman–Crippen LogP) is 5.09. The number of hydrogen-bond donors (Lipinski definition) is 5. The van der Waals surface area contributed by atoms with E-state index >= 15 is 0 Å². The number of aryl methyl sites for hydroxylation is 1. The Bertz CT molecular complexity index is 2920. The normalized spacial score (nSPS) is 17.8. The van der Waals surface area contributed by atoms with E-state index < -0.39 is 36.8 Å². The molecular weight excluding hydrogens is 967 g/mol. The molecule has 19 nitrogen and oxygen atoms in total. The number of amides is 5. The summed E-state index contributed by atoms with van der Waals surface area (Å²) in [6.45, 7) is 9.72. The van der Waals surface area contributed by atoms with Crippen molar-refractivity contribution in [2.24, 2.45) is 5.92 Å². The van der Waals surface area contributed by atoms with E-state index in [0.29, 0.717) is 82.7 Å². The van der Waals surface area contributed by atoms with E-state index in [9.17, 15) is 28.5 Å². The van der Waals surface area contributed by atoms with Crippen molar-refractivity contribution >= 4 is 103 Å². The Hall–Kier alpha value is -6.50. The molecule has 3 fully saturated rings. The van der Waals surface area contributed by atoms with Crippen molar-refractivity contribution in [2.75, 3.05) is 80.1 Å². The maximum Gasteiger partial charge on any atom is 0.262 e. The number of rotatable bonds is 16. The van der Waals surface area contributed by atoms with Crippen molar-refractivity contribution in [2.45, 2.75) is 57.5 Å². The number of carbonyl (C=O) groups is 5. The summed E-state index contributed by atoms with van der Waals surface area (Å²) < 4.78 is 20.0. The average Bonchev–Trinajstić information content (AvgIpc) is 3.56. The van der Waals surface area contributed by atoms with Gasteiger partial charge in [0, 0.05) is 100 Å². The number of anilines is 6. The Morgan fingerprint density at radius 3 is 2.41 bits per heavy atom. The van der Waals surface area contributed by atoms with Crippen LogP contribution < -0.4 is 46.4 Å². The summed E-state index contributed by atoms with van der Waals surface area (Å²) in [5.74, 6) is -0.500. The third-order valence-corrected chi connectivity index (χ3v) is 15.2. The Kier molecular flexibility index (Phi) is 13.7. The van der Waals surface area contributed by atoms with Gasteiger partial charge in [-0.2, -0.15) is 4.98 Å². The molecule has 0 aliphatic carbocycles. The average molecular weight is 1020 g/mol. The van der Waals surface area contributed by atoms with Crippen molar-refractivity contribution in [3.63, 3.8) is 0 Å². The van der Waals surface area contributed by atoms with E-state index in [1.54, 1.807) is 57.2 Å². The van der Waals surface area contributed by atoms with Gasteiger partial charge in [0.05, 0.1) is 44.9 Å². The quantitative estimate of drug-likeness (QED) is 0.0492. The molecule has 5 aromatic rings. The molecule has 3 aromatic carbocycles. The van der Waals surface area contributed by atoms with Crippen LogP contribution in [-0.2, 0) is 25.4 Å². The lowest BCUT2D eigenvalue weighted by Gasteiger charge is -2.41. The van der Waals surface area contributed by atoms with Gasteiger partial charge in [-0.05, 0) is 96.9 Å². The Balaban J connectivity index is 0.731. The van der Waals surface area contributed by atoms with Gasteiger partial charge in [0.1, 0.15) is 30.3 Å². The molecule has 3 saturated heterocycles. The van der Waals surface area contributed by atoms with Gasteiger partial charge in [-0.15, -0.1) is 0 Å². The predicted molar refractivity (Wildman–Crippen MR) is 267 cm³/mol. The van der Waals surface area contributed by atoms with E-state index in [0.717, 1.165) is 59.9 Å². The molecule has 0 saturated carbocycles. The van der Waals surface area contributed by atoms with Crippen LogP contribution in [0.1, 0.15) is 65.3 Å². The third kappa shape index (κ3) is 10.0. The van der Waals surface area contributed by atoms with Crippen LogP contribution in [0.2, 0.25) is 0 Å². The molecular formula is C48H54BrN12O7P.